The molecule has 0 unspecified atom stereocenters. The van der Waals surface area contributed by atoms with Crippen molar-refractivity contribution in [1.29, 1.82) is 0 Å². The molecule has 37 heavy (non-hydrogen) atoms. The van der Waals surface area contributed by atoms with Gasteiger partial charge in [0.1, 0.15) is 23.3 Å². The number of esters is 1. The summed E-state index contributed by atoms with van der Waals surface area (Å²) in [4.78, 5) is 25.9. The first-order valence-corrected chi connectivity index (χ1v) is 12.2. The summed E-state index contributed by atoms with van der Waals surface area (Å²) in [5, 5.41) is 25.2. The largest absolute Gasteiger partial charge is 0.457 e. The number of alkyl halides is 3. The summed E-state index contributed by atoms with van der Waals surface area (Å²) >= 11 is 0. The minimum atomic E-state index is -4.63. The van der Waals surface area contributed by atoms with E-state index in [2.05, 4.69) is 5.16 Å². The van der Waals surface area contributed by atoms with Crippen LogP contribution >= 0.6 is 0 Å². The predicted molar refractivity (Wildman–Crippen MR) is 131 cm³/mol. The number of Topliss-reactive ketones (excluding diaryl/α,β-unsaturated/α-hetero) is 1. The molecule has 0 bridgehead atoms. The Morgan fingerprint density at radius 3 is 2.43 bits per heavy atom. The first-order chi connectivity index (χ1) is 17.0. The molecule has 0 saturated carbocycles. The van der Waals surface area contributed by atoms with Gasteiger partial charge >= 0.3 is 12.1 Å². The zero-order chi connectivity index (χ0) is 28.1. The summed E-state index contributed by atoms with van der Waals surface area (Å²) in [6.07, 6.45) is -4.36. The Hall–Kier alpha value is -2.72. The number of hydrogen-bond acceptors (Lipinski definition) is 7. The molecule has 10 heteroatoms. The Labute approximate surface area is 215 Å². The van der Waals surface area contributed by atoms with Crippen molar-refractivity contribution in [3.63, 3.8) is 0 Å². The molecule has 0 aromatic carbocycles. The van der Waals surface area contributed by atoms with Crippen LogP contribution in [0.1, 0.15) is 65.3 Å². The van der Waals surface area contributed by atoms with Gasteiger partial charge in [0.25, 0.3) is 0 Å². The van der Waals surface area contributed by atoms with E-state index >= 15 is 0 Å². The normalized spacial score (nSPS) is 31.4. The van der Waals surface area contributed by atoms with Crippen LogP contribution in [0.5, 0.6) is 0 Å². The lowest BCUT2D eigenvalue weighted by Gasteiger charge is -2.34. The molecule has 2 heterocycles. The van der Waals surface area contributed by atoms with Crippen LogP contribution in [-0.4, -0.2) is 51.6 Å². The summed E-state index contributed by atoms with van der Waals surface area (Å²) in [6.45, 7) is 9.33. The Morgan fingerprint density at radius 1 is 1.22 bits per heavy atom. The van der Waals surface area contributed by atoms with E-state index in [1.165, 1.54) is 32.9 Å². The van der Waals surface area contributed by atoms with Crippen molar-refractivity contribution < 1.29 is 42.2 Å². The van der Waals surface area contributed by atoms with E-state index in [9.17, 15) is 33.0 Å². The summed E-state index contributed by atoms with van der Waals surface area (Å²) in [5.74, 6) is -2.38. The van der Waals surface area contributed by atoms with E-state index in [0.717, 1.165) is 6.08 Å². The van der Waals surface area contributed by atoms with E-state index < -0.39 is 71.9 Å². The van der Waals surface area contributed by atoms with Crippen molar-refractivity contribution >= 4 is 17.8 Å². The number of halogens is 3. The number of ketones is 1. The lowest BCUT2D eigenvalue weighted by atomic mass is 9.73. The third-order valence-electron chi connectivity index (χ3n) is 6.82. The fraction of sp³-hybridized carbons (Fsp3) is 0.593. The van der Waals surface area contributed by atoms with E-state index in [0.29, 0.717) is 17.0 Å². The highest BCUT2D eigenvalue weighted by Gasteiger charge is 2.42. The number of ether oxygens (including phenoxy) is 1. The number of nitrogens with zero attached hydrogens (tertiary/aromatic N) is 1. The van der Waals surface area contributed by atoms with Crippen molar-refractivity contribution in [3.05, 3.63) is 46.9 Å². The van der Waals surface area contributed by atoms with Crippen LogP contribution < -0.4 is 0 Å². The SMILES string of the molecule is C/C(=C\c1cc(C)on1)[C@@H]1C/C=C(/C(F)(F)F)C/C=C/[C@H](C)[C@H](O)[C@@H](C)C(=O)C(C)(C)[C@@H](O)CC(=O)O1. The second-order valence-electron chi connectivity index (χ2n) is 10.3. The molecule has 1 aliphatic rings. The highest BCUT2D eigenvalue weighted by atomic mass is 19.4. The van der Waals surface area contributed by atoms with Crippen LogP contribution in [-0.2, 0) is 14.3 Å². The number of allylic oxidation sites excluding steroid dienone is 2. The van der Waals surface area contributed by atoms with Crippen LogP contribution in [0, 0.1) is 24.2 Å². The minimum absolute atomic E-state index is 0.277. The average molecular weight is 528 g/mol. The van der Waals surface area contributed by atoms with Gasteiger partial charge in [0.2, 0.25) is 0 Å². The second-order valence-corrected chi connectivity index (χ2v) is 10.3. The third-order valence-corrected chi connectivity index (χ3v) is 6.82. The molecule has 1 aromatic heterocycles. The van der Waals surface area contributed by atoms with Crippen molar-refractivity contribution in [2.45, 2.75) is 85.3 Å². The van der Waals surface area contributed by atoms with Crippen LogP contribution in [0.3, 0.4) is 0 Å². The molecule has 5 atom stereocenters. The Kier molecular flexibility index (Phi) is 10.1. The van der Waals surface area contributed by atoms with Crippen LogP contribution in [0.4, 0.5) is 13.2 Å². The third kappa shape index (κ3) is 8.13. The highest BCUT2D eigenvalue weighted by molar-refractivity contribution is 5.88. The first kappa shape index (κ1) is 30.5. The van der Waals surface area contributed by atoms with E-state index in [-0.39, 0.29) is 6.42 Å². The molecule has 1 aliphatic heterocycles. The van der Waals surface area contributed by atoms with Crippen molar-refractivity contribution in [2.75, 3.05) is 0 Å². The Balaban J connectivity index is 2.50. The minimum Gasteiger partial charge on any atom is -0.457 e. The number of hydrogen-bond donors (Lipinski definition) is 2. The number of carbonyl (C=O) groups excluding carboxylic acids is 2. The van der Waals surface area contributed by atoms with Gasteiger partial charge in [-0.2, -0.15) is 13.2 Å². The smallest absolute Gasteiger partial charge is 0.412 e. The number of aromatic nitrogens is 1. The molecule has 0 radical (unpaired) electrons. The number of aryl methyl sites for hydroxylation is 1. The van der Waals surface area contributed by atoms with E-state index in [4.69, 9.17) is 9.26 Å². The van der Waals surface area contributed by atoms with Gasteiger partial charge in [0.05, 0.1) is 24.0 Å². The number of cyclic esters (lactones) is 1. The number of carbonyl (C=O) groups is 2. The van der Waals surface area contributed by atoms with Gasteiger partial charge in [-0.1, -0.05) is 51.1 Å². The molecule has 1 aromatic rings. The maximum Gasteiger partial charge on any atom is 0.412 e. The molecular weight excluding hydrogens is 491 g/mol. The predicted octanol–water partition coefficient (Wildman–Crippen LogP) is 5.12. The summed E-state index contributed by atoms with van der Waals surface area (Å²) in [6, 6.07) is 1.62. The quantitative estimate of drug-likeness (QED) is 0.406. The lowest BCUT2D eigenvalue weighted by molar-refractivity contribution is -0.154. The van der Waals surface area contributed by atoms with Crippen molar-refractivity contribution in [3.8, 4) is 0 Å². The molecule has 0 saturated heterocycles. The average Bonchev–Trinajstić information content (AvgIpc) is 3.21. The molecule has 0 spiro atoms. The number of rotatable bonds is 2. The molecule has 2 N–H and O–H groups in total. The maximum atomic E-state index is 13.7. The van der Waals surface area contributed by atoms with Crippen LogP contribution in [0.25, 0.3) is 6.08 Å². The van der Waals surface area contributed by atoms with E-state index in [1.807, 2.05) is 0 Å². The molecule has 2 rings (SSSR count). The van der Waals surface area contributed by atoms with Gasteiger partial charge in [-0.3, -0.25) is 9.59 Å². The second kappa shape index (κ2) is 12.2. The topological polar surface area (TPSA) is 110 Å². The maximum absolute atomic E-state index is 13.7. The van der Waals surface area contributed by atoms with Gasteiger partial charge in [-0.15, -0.1) is 0 Å². The van der Waals surface area contributed by atoms with Gasteiger partial charge < -0.3 is 19.5 Å². The number of aliphatic hydroxyl groups is 2. The summed E-state index contributed by atoms with van der Waals surface area (Å²) < 4.78 is 51.7. The number of aliphatic hydroxyl groups excluding tert-OH is 2. The molecule has 0 aliphatic carbocycles. The van der Waals surface area contributed by atoms with Gasteiger partial charge in [0, 0.05) is 29.9 Å². The Morgan fingerprint density at radius 2 is 1.86 bits per heavy atom. The first-order valence-electron chi connectivity index (χ1n) is 12.2. The fourth-order valence-corrected chi connectivity index (χ4v) is 4.18. The molecular formula is C27H36F3NO6. The monoisotopic (exact) mass is 527 g/mol. The van der Waals surface area contributed by atoms with Gasteiger partial charge in [-0.05, 0) is 31.9 Å². The van der Waals surface area contributed by atoms with Crippen molar-refractivity contribution in [2.24, 2.45) is 17.3 Å². The zero-order valence-corrected chi connectivity index (χ0v) is 22.0. The van der Waals surface area contributed by atoms with Crippen LogP contribution in [0.15, 0.2) is 40.0 Å². The lowest BCUT2D eigenvalue weighted by Crippen LogP contribution is -2.45. The highest BCUT2D eigenvalue weighted by Crippen LogP contribution is 2.33. The summed E-state index contributed by atoms with van der Waals surface area (Å²) in [7, 11) is 0. The zero-order valence-electron chi connectivity index (χ0n) is 22.0. The molecule has 0 amide bonds. The standard InChI is InChI=1S/C27H36F3NO6/c1-15-8-7-9-19(27(28,29)30)10-11-21(16(2)12-20-13-17(3)37-31-20)36-23(33)14-22(32)26(5,6)25(35)18(4)24(15)34/h7-8,10,12-13,15,18,21-22,24,32,34H,9,11,14H2,1-6H3/b8-7+,16-12+,19-10+/t15-,18+,21-,22-,24-/m0/s1. The van der Waals surface area contributed by atoms with Crippen molar-refractivity contribution in [1.82, 2.24) is 5.16 Å². The van der Waals surface area contributed by atoms with Crippen LogP contribution in [0.2, 0.25) is 0 Å². The Bertz CT molecular complexity index is 1050. The molecule has 206 valence electrons. The van der Waals surface area contributed by atoms with Gasteiger partial charge in [0.15, 0.2) is 0 Å². The molecule has 7 nitrogen and oxygen atoms in total. The fourth-order valence-electron chi connectivity index (χ4n) is 4.18. The molecule has 0 fully saturated rings. The van der Waals surface area contributed by atoms with Gasteiger partial charge in [-0.25, -0.2) is 0 Å². The summed E-state index contributed by atoms with van der Waals surface area (Å²) in [5.41, 5.74) is -1.39. The van der Waals surface area contributed by atoms with E-state index in [1.54, 1.807) is 32.9 Å².